The quantitative estimate of drug-likeness (QED) is 0.676. The predicted octanol–water partition coefficient (Wildman–Crippen LogP) is 3.97. The lowest BCUT2D eigenvalue weighted by Gasteiger charge is -2.24. The van der Waals surface area contributed by atoms with Gasteiger partial charge in [-0.15, -0.1) is 0 Å². The molecule has 1 atom stereocenters. The molecule has 0 saturated heterocycles. The number of methoxy groups -OCH3 is 2. The van der Waals surface area contributed by atoms with Crippen LogP contribution in [0.5, 0.6) is 11.5 Å². The van der Waals surface area contributed by atoms with Crippen LogP contribution in [0.1, 0.15) is 49.9 Å². The van der Waals surface area contributed by atoms with Crippen molar-refractivity contribution in [2.24, 2.45) is 0 Å². The molecule has 1 aliphatic carbocycles. The molecule has 31 heavy (non-hydrogen) atoms. The van der Waals surface area contributed by atoms with E-state index in [1.807, 2.05) is 37.3 Å². The van der Waals surface area contributed by atoms with Crippen LogP contribution in [0.2, 0.25) is 0 Å². The maximum absolute atomic E-state index is 12.7. The van der Waals surface area contributed by atoms with E-state index in [9.17, 15) is 9.59 Å². The third-order valence-corrected chi connectivity index (χ3v) is 5.42. The molecule has 0 spiro atoms. The molecule has 0 bridgehead atoms. The van der Waals surface area contributed by atoms with Gasteiger partial charge in [-0.1, -0.05) is 23.8 Å². The fourth-order valence-corrected chi connectivity index (χ4v) is 3.81. The lowest BCUT2D eigenvalue weighted by molar-refractivity contribution is 0.0962. The maximum atomic E-state index is 12.7. The topological polar surface area (TPSA) is 90.4 Å². The van der Waals surface area contributed by atoms with Gasteiger partial charge in [0.15, 0.2) is 17.3 Å². The SMILES string of the molecule is COc1ccc(C2CC(=O)c3cnc(NC(=O)c4cccc(C)c4)nc3C2)cc1OC. The summed E-state index contributed by atoms with van der Waals surface area (Å²) in [6.07, 6.45) is 2.43. The molecule has 1 N–H and O–H groups in total. The summed E-state index contributed by atoms with van der Waals surface area (Å²) in [5.74, 6) is 1.09. The largest absolute Gasteiger partial charge is 0.493 e. The lowest BCUT2D eigenvalue weighted by atomic mass is 9.82. The van der Waals surface area contributed by atoms with Crippen molar-refractivity contribution in [1.29, 1.82) is 0 Å². The first kappa shape index (κ1) is 20.5. The third kappa shape index (κ3) is 4.26. The van der Waals surface area contributed by atoms with E-state index < -0.39 is 0 Å². The van der Waals surface area contributed by atoms with E-state index in [1.165, 1.54) is 6.20 Å². The number of fused-ring (bicyclic) bond motifs is 1. The first-order chi connectivity index (χ1) is 15.0. The second-order valence-corrected chi connectivity index (χ2v) is 7.52. The average Bonchev–Trinajstić information content (AvgIpc) is 2.78. The van der Waals surface area contributed by atoms with Gasteiger partial charge in [0.2, 0.25) is 5.95 Å². The summed E-state index contributed by atoms with van der Waals surface area (Å²) in [5, 5.41) is 2.73. The number of rotatable bonds is 5. The van der Waals surface area contributed by atoms with Gasteiger partial charge >= 0.3 is 0 Å². The minimum atomic E-state index is -0.290. The van der Waals surface area contributed by atoms with Gasteiger partial charge in [-0.25, -0.2) is 9.97 Å². The van der Waals surface area contributed by atoms with E-state index in [4.69, 9.17) is 9.47 Å². The van der Waals surface area contributed by atoms with Crippen molar-refractivity contribution in [3.63, 3.8) is 0 Å². The smallest absolute Gasteiger partial charge is 0.258 e. The minimum absolute atomic E-state index is 0.0161. The Morgan fingerprint density at radius 1 is 1.06 bits per heavy atom. The van der Waals surface area contributed by atoms with Gasteiger partial charge in [0.1, 0.15) is 0 Å². The highest BCUT2D eigenvalue weighted by atomic mass is 16.5. The highest BCUT2D eigenvalue weighted by Gasteiger charge is 2.29. The monoisotopic (exact) mass is 417 g/mol. The average molecular weight is 417 g/mol. The number of hydrogen-bond donors (Lipinski definition) is 1. The van der Waals surface area contributed by atoms with Gasteiger partial charge in [0.05, 0.1) is 25.5 Å². The van der Waals surface area contributed by atoms with Crippen LogP contribution in [0.15, 0.2) is 48.7 Å². The van der Waals surface area contributed by atoms with Crippen LogP contribution in [-0.2, 0) is 6.42 Å². The molecular formula is C24H23N3O4. The van der Waals surface area contributed by atoms with Crippen LogP contribution in [0.3, 0.4) is 0 Å². The number of nitrogens with zero attached hydrogens (tertiary/aromatic N) is 2. The molecular weight excluding hydrogens is 394 g/mol. The first-order valence-electron chi connectivity index (χ1n) is 9.97. The maximum Gasteiger partial charge on any atom is 0.258 e. The Bertz CT molecular complexity index is 1160. The van der Waals surface area contributed by atoms with Gasteiger partial charge in [0, 0.05) is 18.2 Å². The summed E-state index contributed by atoms with van der Waals surface area (Å²) in [6.45, 7) is 1.92. The number of aryl methyl sites for hydroxylation is 1. The molecule has 1 amide bonds. The number of amides is 1. The molecule has 7 nitrogen and oxygen atoms in total. The van der Waals surface area contributed by atoms with Gasteiger partial charge in [0.25, 0.3) is 5.91 Å². The van der Waals surface area contributed by atoms with Crippen molar-refractivity contribution in [2.75, 3.05) is 19.5 Å². The molecule has 4 rings (SSSR count). The van der Waals surface area contributed by atoms with Crippen LogP contribution >= 0.6 is 0 Å². The van der Waals surface area contributed by atoms with Gasteiger partial charge in [-0.05, 0) is 49.1 Å². The highest BCUT2D eigenvalue weighted by Crippen LogP contribution is 2.36. The number of Topliss-reactive ketones (excluding diaryl/α,β-unsaturated/α-hetero) is 1. The third-order valence-electron chi connectivity index (χ3n) is 5.42. The van der Waals surface area contributed by atoms with E-state index in [0.29, 0.717) is 41.2 Å². The Morgan fingerprint density at radius 3 is 2.61 bits per heavy atom. The summed E-state index contributed by atoms with van der Waals surface area (Å²) in [4.78, 5) is 33.9. The normalized spacial score (nSPS) is 15.2. The number of benzene rings is 2. The molecule has 0 radical (unpaired) electrons. The van der Waals surface area contributed by atoms with Crippen molar-refractivity contribution in [1.82, 2.24) is 9.97 Å². The number of ketones is 1. The number of nitrogens with one attached hydrogen (secondary N) is 1. The summed E-state index contributed by atoms with van der Waals surface area (Å²) >= 11 is 0. The molecule has 2 aromatic carbocycles. The van der Waals surface area contributed by atoms with E-state index in [-0.39, 0.29) is 23.6 Å². The summed E-state index contributed by atoms with van der Waals surface area (Å²) in [7, 11) is 3.17. The zero-order chi connectivity index (χ0) is 22.0. The zero-order valence-corrected chi connectivity index (χ0v) is 17.6. The summed E-state index contributed by atoms with van der Waals surface area (Å²) in [5.41, 5.74) is 3.62. The Kier molecular flexibility index (Phi) is 5.66. The molecule has 3 aromatic rings. The van der Waals surface area contributed by atoms with Crippen molar-refractivity contribution < 1.29 is 19.1 Å². The van der Waals surface area contributed by atoms with Crippen LogP contribution in [0.25, 0.3) is 0 Å². The minimum Gasteiger partial charge on any atom is -0.493 e. The second-order valence-electron chi connectivity index (χ2n) is 7.52. The van der Waals surface area contributed by atoms with Crippen LogP contribution in [0, 0.1) is 6.92 Å². The molecule has 7 heteroatoms. The molecule has 1 unspecified atom stereocenters. The molecule has 1 heterocycles. The molecule has 1 aliphatic rings. The number of aromatic nitrogens is 2. The molecule has 1 aromatic heterocycles. The first-order valence-corrected chi connectivity index (χ1v) is 9.97. The van der Waals surface area contributed by atoms with Gasteiger partial charge in [-0.2, -0.15) is 0 Å². The molecule has 0 aliphatic heterocycles. The number of carbonyl (C=O) groups excluding carboxylic acids is 2. The summed E-state index contributed by atoms with van der Waals surface area (Å²) in [6, 6.07) is 12.9. The molecule has 0 saturated carbocycles. The predicted molar refractivity (Wildman–Crippen MR) is 116 cm³/mol. The lowest BCUT2D eigenvalue weighted by Crippen LogP contribution is -2.22. The van der Waals surface area contributed by atoms with Gasteiger partial charge in [-0.3, -0.25) is 14.9 Å². The van der Waals surface area contributed by atoms with E-state index >= 15 is 0 Å². The molecule has 0 fully saturated rings. The second kappa shape index (κ2) is 8.55. The van der Waals surface area contributed by atoms with Crippen LogP contribution < -0.4 is 14.8 Å². The number of ether oxygens (including phenoxy) is 2. The van der Waals surface area contributed by atoms with Crippen molar-refractivity contribution in [2.45, 2.75) is 25.7 Å². The zero-order valence-electron chi connectivity index (χ0n) is 17.6. The summed E-state index contributed by atoms with van der Waals surface area (Å²) < 4.78 is 10.7. The number of hydrogen-bond acceptors (Lipinski definition) is 6. The number of anilines is 1. The number of carbonyl (C=O) groups is 2. The Labute approximate surface area is 180 Å². The standard InChI is InChI=1S/C24H23N3O4/c1-14-5-4-6-16(9-14)23(29)27-24-25-13-18-19(26-24)10-17(11-20(18)28)15-7-8-21(30-2)22(12-15)31-3/h4-9,12-13,17H,10-11H2,1-3H3,(H,25,26,27,29). The van der Waals surface area contributed by atoms with Crippen molar-refractivity contribution in [3.8, 4) is 11.5 Å². The fraction of sp³-hybridized carbons (Fsp3) is 0.250. The van der Waals surface area contributed by atoms with E-state index in [0.717, 1.165) is 11.1 Å². The molecule has 158 valence electrons. The van der Waals surface area contributed by atoms with Crippen molar-refractivity contribution in [3.05, 3.63) is 76.6 Å². The van der Waals surface area contributed by atoms with Gasteiger partial charge < -0.3 is 9.47 Å². The highest BCUT2D eigenvalue weighted by molar-refractivity contribution is 6.03. The van der Waals surface area contributed by atoms with E-state index in [1.54, 1.807) is 26.4 Å². The Morgan fingerprint density at radius 2 is 1.87 bits per heavy atom. The van der Waals surface area contributed by atoms with Crippen LogP contribution in [0.4, 0.5) is 5.95 Å². The Balaban J connectivity index is 1.58. The fourth-order valence-electron chi connectivity index (χ4n) is 3.81. The van der Waals surface area contributed by atoms with Crippen LogP contribution in [-0.4, -0.2) is 35.9 Å². The van der Waals surface area contributed by atoms with E-state index in [2.05, 4.69) is 15.3 Å². The van der Waals surface area contributed by atoms with Crippen molar-refractivity contribution >= 4 is 17.6 Å². The Hall–Kier alpha value is -3.74.